The van der Waals surface area contributed by atoms with Crippen molar-refractivity contribution in [1.82, 2.24) is 0 Å². The lowest BCUT2D eigenvalue weighted by Crippen LogP contribution is -2.09. The van der Waals surface area contributed by atoms with Crippen LogP contribution in [0.1, 0.15) is 0 Å². The molecule has 0 bridgehead atoms. The zero-order chi connectivity index (χ0) is 38.9. The first-order valence-electron chi connectivity index (χ1n) is 20.4. The Balaban J connectivity index is 1.04. The second kappa shape index (κ2) is 13.4. The Morgan fingerprint density at radius 2 is 0.576 bits per heavy atom. The van der Waals surface area contributed by atoms with E-state index in [1.807, 2.05) is 0 Å². The van der Waals surface area contributed by atoms with Crippen LogP contribution in [0.3, 0.4) is 0 Å². The molecule has 0 radical (unpaired) electrons. The lowest BCUT2D eigenvalue weighted by atomic mass is 9.85. The van der Waals surface area contributed by atoms with E-state index in [9.17, 15) is 0 Å². The Bertz CT molecular complexity index is 3410. The predicted octanol–water partition coefficient (Wildman–Crippen LogP) is 16.5. The van der Waals surface area contributed by atoms with E-state index in [0.717, 1.165) is 17.1 Å². The number of fused-ring (bicyclic) bond motifs is 2. The zero-order valence-corrected chi connectivity index (χ0v) is 32.3. The summed E-state index contributed by atoms with van der Waals surface area (Å²) in [5, 5.41) is 15.6. The number of rotatable bonds is 6. The minimum atomic E-state index is 1.10. The van der Waals surface area contributed by atoms with E-state index in [4.69, 9.17) is 0 Å². The van der Waals surface area contributed by atoms with Crippen molar-refractivity contribution in [3.8, 4) is 33.4 Å². The van der Waals surface area contributed by atoms with E-state index >= 15 is 0 Å². The van der Waals surface area contributed by atoms with Crippen molar-refractivity contribution in [2.75, 3.05) is 4.90 Å². The van der Waals surface area contributed by atoms with Crippen LogP contribution in [0.5, 0.6) is 0 Å². The molecule has 0 unspecified atom stereocenters. The van der Waals surface area contributed by atoms with Gasteiger partial charge in [0, 0.05) is 17.1 Å². The zero-order valence-electron chi connectivity index (χ0n) is 32.3. The molecule has 274 valence electrons. The van der Waals surface area contributed by atoms with Crippen molar-refractivity contribution in [3.05, 3.63) is 224 Å². The highest BCUT2D eigenvalue weighted by Gasteiger charge is 2.19. The van der Waals surface area contributed by atoms with E-state index in [-0.39, 0.29) is 0 Å². The Morgan fingerprint density at radius 3 is 1.05 bits per heavy atom. The standard InChI is InChI=1S/C58H37N/c1-3-11-38(12-4-1)40-25-31-46(32-26-40)59(47-33-27-41(28-34-47)39-13-5-2-6-14-39)48-35-29-42(30-36-48)54-37-45-17-9-20-50-49-18-7-15-43-23-24-44-16-8-19-51(56(44)55(43)49)52-21-10-22-53(54)58(52)57(45)50/h1-37H. The number of benzene rings is 11. The van der Waals surface area contributed by atoms with Gasteiger partial charge in [0.15, 0.2) is 0 Å². The van der Waals surface area contributed by atoms with Crippen LogP contribution in [0.25, 0.3) is 98.0 Å². The SMILES string of the molecule is c1ccc(-c2ccc(N(c3ccc(-c4ccccc4)cc3)c3ccc(-c4cc5cccc6c7cccc8ccc9cccc(c%10cccc4c%10c56)c9c87)cc3)cc2)cc1. The molecule has 0 atom stereocenters. The minimum absolute atomic E-state index is 1.10. The topological polar surface area (TPSA) is 3.24 Å². The normalized spacial score (nSPS) is 11.7. The average molecular weight is 748 g/mol. The first-order chi connectivity index (χ1) is 29.3. The third-order valence-corrected chi connectivity index (χ3v) is 12.4. The molecule has 12 rings (SSSR count). The van der Waals surface area contributed by atoms with Gasteiger partial charge in [-0.25, -0.2) is 0 Å². The van der Waals surface area contributed by atoms with E-state index in [1.165, 1.54) is 98.0 Å². The van der Waals surface area contributed by atoms with E-state index in [1.54, 1.807) is 0 Å². The summed E-state index contributed by atoms with van der Waals surface area (Å²) < 4.78 is 0. The molecule has 0 aliphatic carbocycles. The van der Waals surface area contributed by atoms with Gasteiger partial charge in [-0.05, 0) is 140 Å². The molecule has 0 fully saturated rings. The molecular weight excluding hydrogens is 711 g/mol. The molecule has 59 heavy (non-hydrogen) atoms. The van der Waals surface area contributed by atoms with Crippen molar-refractivity contribution < 1.29 is 0 Å². The molecule has 0 saturated heterocycles. The van der Waals surface area contributed by atoms with Gasteiger partial charge in [0.1, 0.15) is 0 Å². The quantitative estimate of drug-likeness (QED) is 0.153. The summed E-state index contributed by atoms with van der Waals surface area (Å²) in [6.45, 7) is 0. The first kappa shape index (κ1) is 33.4. The second-order valence-electron chi connectivity index (χ2n) is 15.6. The van der Waals surface area contributed by atoms with Gasteiger partial charge in [0.2, 0.25) is 0 Å². The van der Waals surface area contributed by atoms with Crippen LogP contribution < -0.4 is 4.90 Å². The van der Waals surface area contributed by atoms with E-state index < -0.39 is 0 Å². The summed E-state index contributed by atoms with van der Waals surface area (Å²) >= 11 is 0. The average Bonchev–Trinajstić information content (AvgIpc) is 3.31. The third kappa shape index (κ3) is 5.40. The summed E-state index contributed by atoms with van der Waals surface area (Å²) in [6.07, 6.45) is 0. The van der Waals surface area contributed by atoms with Gasteiger partial charge < -0.3 is 4.90 Å². The molecule has 0 aliphatic heterocycles. The highest BCUT2D eigenvalue weighted by molar-refractivity contribution is 6.37. The molecule has 0 saturated carbocycles. The Morgan fingerprint density at radius 1 is 0.220 bits per heavy atom. The van der Waals surface area contributed by atoms with Gasteiger partial charge in [-0.2, -0.15) is 0 Å². The molecule has 0 amide bonds. The van der Waals surface area contributed by atoms with Crippen molar-refractivity contribution in [2.24, 2.45) is 0 Å². The predicted molar refractivity (Wildman–Crippen MR) is 254 cm³/mol. The van der Waals surface area contributed by atoms with Crippen LogP contribution in [0.15, 0.2) is 224 Å². The van der Waals surface area contributed by atoms with Crippen LogP contribution in [-0.2, 0) is 0 Å². The number of hydrogen-bond donors (Lipinski definition) is 0. The van der Waals surface area contributed by atoms with E-state index in [0.29, 0.717) is 0 Å². The number of anilines is 3. The van der Waals surface area contributed by atoms with Crippen LogP contribution in [0.4, 0.5) is 17.1 Å². The molecule has 0 N–H and O–H groups in total. The van der Waals surface area contributed by atoms with Crippen LogP contribution in [-0.4, -0.2) is 0 Å². The molecule has 0 heterocycles. The summed E-state index contributed by atoms with van der Waals surface area (Å²) in [5.74, 6) is 0. The lowest BCUT2D eigenvalue weighted by molar-refractivity contribution is 1.28. The summed E-state index contributed by atoms with van der Waals surface area (Å²) in [7, 11) is 0. The monoisotopic (exact) mass is 747 g/mol. The third-order valence-electron chi connectivity index (χ3n) is 12.4. The van der Waals surface area contributed by atoms with Gasteiger partial charge in [0.25, 0.3) is 0 Å². The summed E-state index contributed by atoms with van der Waals surface area (Å²) in [4.78, 5) is 2.36. The van der Waals surface area contributed by atoms with Crippen molar-refractivity contribution in [2.45, 2.75) is 0 Å². The molecule has 1 heteroatoms. The molecule has 0 aliphatic rings. The first-order valence-corrected chi connectivity index (χ1v) is 20.4. The molecular formula is C58H37N. The number of hydrogen-bond acceptors (Lipinski definition) is 1. The van der Waals surface area contributed by atoms with Crippen molar-refractivity contribution in [3.63, 3.8) is 0 Å². The smallest absolute Gasteiger partial charge is 0.0462 e. The van der Waals surface area contributed by atoms with Gasteiger partial charge in [-0.15, -0.1) is 0 Å². The van der Waals surface area contributed by atoms with Crippen molar-refractivity contribution >= 4 is 81.7 Å². The van der Waals surface area contributed by atoms with Gasteiger partial charge >= 0.3 is 0 Å². The van der Waals surface area contributed by atoms with E-state index in [2.05, 4.69) is 229 Å². The van der Waals surface area contributed by atoms with Gasteiger partial charge in [-0.1, -0.05) is 182 Å². The van der Waals surface area contributed by atoms with Crippen LogP contribution >= 0.6 is 0 Å². The highest BCUT2D eigenvalue weighted by atomic mass is 15.1. The summed E-state index contributed by atoms with van der Waals surface area (Å²) in [6, 6.07) is 82.5. The minimum Gasteiger partial charge on any atom is -0.311 e. The molecule has 0 spiro atoms. The fraction of sp³-hybridized carbons (Fsp3) is 0. The number of nitrogens with zero attached hydrogens (tertiary/aromatic N) is 1. The Kier molecular flexibility index (Phi) is 7.61. The second-order valence-corrected chi connectivity index (χ2v) is 15.6. The maximum absolute atomic E-state index is 2.41. The maximum atomic E-state index is 2.41. The van der Waals surface area contributed by atoms with Crippen molar-refractivity contribution in [1.29, 1.82) is 0 Å². The fourth-order valence-corrected chi connectivity index (χ4v) is 9.65. The Hall–Kier alpha value is -7.74. The summed E-state index contributed by atoms with van der Waals surface area (Å²) in [5.41, 5.74) is 10.6. The lowest BCUT2D eigenvalue weighted by Gasteiger charge is -2.26. The van der Waals surface area contributed by atoms with Gasteiger partial charge in [0.05, 0.1) is 0 Å². The fourth-order valence-electron chi connectivity index (χ4n) is 9.65. The molecule has 0 aromatic heterocycles. The van der Waals surface area contributed by atoms with Crippen LogP contribution in [0, 0.1) is 0 Å². The maximum Gasteiger partial charge on any atom is 0.0462 e. The molecule has 12 aromatic rings. The van der Waals surface area contributed by atoms with Gasteiger partial charge in [-0.3, -0.25) is 0 Å². The van der Waals surface area contributed by atoms with Crippen LogP contribution in [0.2, 0.25) is 0 Å². The molecule has 12 aromatic carbocycles. The highest BCUT2D eigenvalue weighted by Crippen LogP contribution is 2.46. The largest absolute Gasteiger partial charge is 0.311 e. The molecule has 1 nitrogen and oxygen atoms in total. The Labute approximate surface area is 343 Å².